The average Bonchev–Trinajstić information content (AvgIpc) is 3.10. The van der Waals surface area contributed by atoms with E-state index in [0.29, 0.717) is 28.8 Å². The lowest BCUT2D eigenvalue weighted by atomic mass is 10.1. The minimum absolute atomic E-state index is 0.0702. The minimum Gasteiger partial charge on any atom is -0.338 e. The molecule has 0 aliphatic carbocycles. The zero-order valence-corrected chi connectivity index (χ0v) is 19.3. The van der Waals surface area contributed by atoms with Crippen LogP contribution in [0.2, 0.25) is 5.02 Å². The van der Waals surface area contributed by atoms with Gasteiger partial charge in [-0.25, -0.2) is 4.98 Å². The Balaban J connectivity index is 1.66. The van der Waals surface area contributed by atoms with Gasteiger partial charge in [0.25, 0.3) is 5.91 Å². The largest absolute Gasteiger partial charge is 0.362 e. The molecule has 2 aromatic carbocycles. The van der Waals surface area contributed by atoms with Crippen molar-refractivity contribution in [3.63, 3.8) is 0 Å². The summed E-state index contributed by atoms with van der Waals surface area (Å²) < 4.78 is 23.2. The number of carbonyl (C=O) groups is 1. The fourth-order valence-electron chi connectivity index (χ4n) is 3.46. The van der Waals surface area contributed by atoms with Gasteiger partial charge in [0.1, 0.15) is 5.02 Å². The van der Waals surface area contributed by atoms with Crippen LogP contribution in [0.1, 0.15) is 15.9 Å². The molecule has 9 nitrogen and oxygen atoms in total. The normalized spacial score (nSPS) is 13.2. The number of anilines is 4. The first-order valence-corrected chi connectivity index (χ1v) is 11.5. The Morgan fingerprint density at radius 1 is 1.06 bits per heavy atom. The highest BCUT2D eigenvalue weighted by atomic mass is 35.5. The molecule has 11 heteroatoms. The molecule has 32 heavy (non-hydrogen) atoms. The average molecular weight is 474 g/mol. The number of nitrogens with zero attached hydrogens (tertiary/aromatic N) is 3. The zero-order valence-electron chi connectivity index (χ0n) is 17.6. The molecule has 0 spiro atoms. The predicted octanol–water partition coefficient (Wildman–Crippen LogP) is 4.31. The van der Waals surface area contributed by atoms with Gasteiger partial charge in [-0.2, -0.15) is 4.98 Å². The monoisotopic (exact) mass is 473 g/mol. The summed E-state index contributed by atoms with van der Waals surface area (Å²) in [7, 11) is 0.869. The maximum atomic E-state index is 12.9. The van der Waals surface area contributed by atoms with Gasteiger partial charge in [-0.3, -0.25) is 9.36 Å². The molecule has 2 heterocycles. The molecule has 1 aliphatic heterocycles. The summed E-state index contributed by atoms with van der Waals surface area (Å²) >= 11 is 6.31. The van der Waals surface area contributed by atoms with E-state index < -0.39 is 7.60 Å². The molecule has 3 aromatic rings. The van der Waals surface area contributed by atoms with Crippen LogP contribution in [0, 0.1) is 0 Å². The van der Waals surface area contributed by atoms with E-state index in [2.05, 4.69) is 20.6 Å². The molecular formula is C21H21ClN5O4P. The maximum Gasteiger partial charge on any atom is 0.362 e. The predicted molar refractivity (Wildman–Crippen MR) is 124 cm³/mol. The molecule has 1 aromatic heterocycles. The Kier molecular flexibility index (Phi) is 6.17. The molecule has 166 valence electrons. The van der Waals surface area contributed by atoms with Crippen molar-refractivity contribution in [2.45, 2.75) is 6.54 Å². The SMILES string of the molecule is COP(=O)(OC)c1ccccc1Nc1nc(Nc2cccc3c2C(=O)N(C)C3)ncc1Cl. The molecule has 0 radical (unpaired) electrons. The number of nitrogens with one attached hydrogen (secondary N) is 2. The van der Waals surface area contributed by atoms with Gasteiger partial charge in [-0.1, -0.05) is 35.9 Å². The Bertz CT molecular complexity index is 1230. The number of aromatic nitrogens is 2. The number of hydrogen-bond donors (Lipinski definition) is 2. The second-order valence-corrected chi connectivity index (χ2v) is 9.64. The van der Waals surface area contributed by atoms with E-state index in [1.807, 2.05) is 12.1 Å². The fraction of sp³-hybridized carbons (Fsp3) is 0.190. The molecule has 0 bridgehead atoms. The number of fused-ring (bicyclic) bond motifs is 1. The second kappa shape index (κ2) is 8.88. The number of para-hydroxylation sites is 1. The van der Waals surface area contributed by atoms with E-state index >= 15 is 0 Å². The van der Waals surface area contributed by atoms with Crippen LogP contribution < -0.4 is 15.9 Å². The molecule has 0 fully saturated rings. The number of hydrogen-bond acceptors (Lipinski definition) is 8. The summed E-state index contributed by atoms with van der Waals surface area (Å²) in [5, 5.41) is 6.77. The lowest BCUT2D eigenvalue weighted by Gasteiger charge is -2.18. The van der Waals surface area contributed by atoms with Crippen LogP contribution in [0.4, 0.5) is 23.1 Å². The summed E-state index contributed by atoms with van der Waals surface area (Å²) in [6, 6.07) is 12.4. The van der Waals surface area contributed by atoms with Gasteiger partial charge >= 0.3 is 7.60 Å². The van der Waals surface area contributed by atoms with E-state index in [0.717, 1.165) is 5.56 Å². The Hall–Kier alpha value is -2.97. The first-order valence-electron chi connectivity index (χ1n) is 9.61. The molecule has 0 unspecified atom stereocenters. The molecule has 1 amide bonds. The zero-order chi connectivity index (χ0) is 22.9. The third-order valence-electron chi connectivity index (χ3n) is 5.04. The van der Waals surface area contributed by atoms with Crippen LogP contribution in [0.5, 0.6) is 0 Å². The van der Waals surface area contributed by atoms with Crippen molar-refractivity contribution in [2.75, 3.05) is 31.9 Å². The minimum atomic E-state index is -3.52. The summed E-state index contributed by atoms with van der Waals surface area (Å²) in [5.41, 5.74) is 2.59. The van der Waals surface area contributed by atoms with Crippen LogP contribution in [0.15, 0.2) is 48.7 Å². The van der Waals surface area contributed by atoms with Crippen LogP contribution in [-0.2, 0) is 20.2 Å². The Morgan fingerprint density at radius 3 is 2.53 bits per heavy atom. The first-order chi connectivity index (χ1) is 15.4. The topological polar surface area (TPSA) is 106 Å². The highest BCUT2D eigenvalue weighted by Crippen LogP contribution is 2.47. The van der Waals surface area contributed by atoms with Crippen molar-refractivity contribution in [1.82, 2.24) is 14.9 Å². The van der Waals surface area contributed by atoms with Crippen LogP contribution >= 0.6 is 19.2 Å². The van der Waals surface area contributed by atoms with E-state index in [1.54, 1.807) is 42.3 Å². The second-order valence-electron chi connectivity index (χ2n) is 7.02. The van der Waals surface area contributed by atoms with Crippen LogP contribution in [-0.4, -0.2) is 42.0 Å². The molecule has 0 saturated heterocycles. The quantitative estimate of drug-likeness (QED) is 0.489. The van der Waals surface area contributed by atoms with E-state index in [1.165, 1.54) is 20.4 Å². The maximum absolute atomic E-state index is 12.9. The van der Waals surface area contributed by atoms with Crippen LogP contribution in [0.25, 0.3) is 0 Å². The van der Waals surface area contributed by atoms with E-state index in [4.69, 9.17) is 20.6 Å². The van der Waals surface area contributed by atoms with Crippen molar-refractivity contribution in [3.8, 4) is 0 Å². The van der Waals surface area contributed by atoms with Gasteiger partial charge in [0, 0.05) is 27.8 Å². The lowest BCUT2D eigenvalue weighted by molar-refractivity contribution is 0.0817. The third-order valence-corrected chi connectivity index (χ3v) is 7.26. The highest BCUT2D eigenvalue weighted by molar-refractivity contribution is 7.62. The Morgan fingerprint density at radius 2 is 1.78 bits per heavy atom. The fourth-order valence-corrected chi connectivity index (χ4v) is 4.83. The number of amides is 1. The van der Waals surface area contributed by atoms with Gasteiger partial charge in [0.2, 0.25) is 5.95 Å². The number of halogens is 1. The van der Waals surface area contributed by atoms with Crippen molar-refractivity contribution < 1.29 is 18.4 Å². The summed E-state index contributed by atoms with van der Waals surface area (Å²) in [6.45, 7) is 0.549. The number of carbonyl (C=O) groups excluding carboxylic acids is 1. The Labute approximate surface area is 190 Å². The van der Waals surface area contributed by atoms with Gasteiger partial charge in [-0.15, -0.1) is 0 Å². The smallest absolute Gasteiger partial charge is 0.338 e. The van der Waals surface area contributed by atoms with Crippen molar-refractivity contribution in [2.24, 2.45) is 0 Å². The van der Waals surface area contributed by atoms with E-state index in [-0.39, 0.29) is 22.7 Å². The summed E-state index contributed by atoms with van der Waals surface area (Å²) in [6.07, 6.45) is 1.44. The number of benzene rings is 2. The van der Waals surface area contributed by atoms with Crippen molar-refractivity contribution in [3.05, 3.63) is 64.8 Å². The first kappa shape index (κ1) is 22.2. The third kappa shape index (κ3) is 4.08. The van der Waals surface area contributed by atoms with Crippen molar-refractivity contribution >= 4 is 53.5 Å². The van der Waals surface area contributed by atoms with Crippen LogP contribution in [0.3, 0.4) is 0 Å². The molecule has 0 saturated carbocycles. The molecule has 4 rings (SSSR count). The lowest BCUT2D eigenvalue weighted by Crippen LogP contribution is -2.18. The standard InChI is InChI=1S/C21H21ClN5O4P/c1-27-12-13-7-6-9-16(18(13)20(27)28)25-21-23-11-14(22)19(26-21)24-15-8-4-5-10-17(15)32(29,30-2)31-3/h4-11H,12H2,1-3H3,(H2,23,24,25,26). The summed E-state index contributed by atoms with van der Waals surface area (Å²) in [5.74, 6) is 0.456. The van der Waals surface area contributed by atoms with Gasteiger partial charge in [0.15, 0.2) is 5.82 Å². The van der Waals surface area contributed by atoms with Gasteiger partial charge in [0.05, 0.1) is 28.4 Å². The van der Waals surface area contributed by atoms with Gasteiger partial charge in [-0.05, 0) is 23.8 Å². The molecule has 0 atom stereocenters. The van der Waals surface area contributed by atoms with E-state index in [9.17, 15) is 9.36 Å². The van der Waals surface area contributed by atoms with Gasteiger partial charge < -0.3 is 24.6 Å². The number of rotatable bonds is 7. The molecule has 2 N–H and O–H groups in total. The molecule has 1 aliphatic rings. The van der Waals surface area contributed by atoms with Crippen molar-refractivity contribution in [1.29, 1.82) is 0 Å². The highest BCUT2D eigenvalue weighted by Gasteiger charge is 2.29. The summed E-state index contributed by atoms with van der Waals surface area (Å²) in [4.78, 5) is 22.8. The molecular weight excluding hydrogens is 453 g/mol.